The van der Waals surface area contributed by atoms with E-state index >= 15 is 0 Å². The molecule has 3 heteroatoms. The van der Waals surface area contributed by atoms with Crippen LogP contribution >= 0.6 is 0 Å². The topological polar surface area (TPSA) is 32.3 Å². The molecule has 68 valence electrons. The van der Waals surface area contributed by atoms with E-state index in [4.69, 9.17) is 0 Å². The van der Waals surface area contributed by atoms with Crippen molar-refractivity contribution in [2.75, 3.05) is 19.6 Å². The van der Waals surface area contributed by atoms with Gasteiger partial charge in [-0.1, -0.05) is 0 Å². The molecule has 0 saturated carbocycles. The second-order valence-corrected chi connectivity index (χ2v) is 3.93. The fourth-order valence-corrected chi connectivity index (χ4v) is 2.60. The summed E-state index contributed by atoms with van der Waals surface area (Å²) >= 11 is 0. The van der Waals surface area contributed by atoms with Gasteiger partial charge < -0.3 is 10.2 Å². The molecule has 1 N–H and O–H groups in total. The molecule has 0 bridgehead atoms. The SMILES string of the molecule is CC(=O)N1CCCC12CCNC2. The van der Waals surface area contributed by atoms with E-state index in [1.54, 1.807) is 6.92 Å². The summed E-state index contributed by atoms with van der Waals surface area (Å²) in [5.41, 5.74) is 0.200. The first kappa shape index (κ1) is 8.05. The molecular weight excluding hydrogens is 152 g/mol. The van der Waals surface area contributed by atoms with Crippen molar-refractivity contribution in [2.45, 2.75) is 31.7 Å². The minimum Gasteiger partial charge on any atom is -0.336 e. The molecule has 12 heavy (non-hydrogen) atoms. The van der Waals surface area contributed by atoms with Crippen molar-refractivity contribution in [2.24, 2.45) is 0 Å². The van der Waals surface area contributed by atoms with Crippen molar-refractivity contribution in [1.82, 2.24) is 10.2 Å². The second-order valence-electron chi connectivity index (χ2n) is 3.93. The molecule has 2 heterocycles. The summed E-state index contributed by atoms with van der Waals surface area (Å²) in [6, 6.07) is 0. The number of carbonyl (C=O) groups excluding carboxylic acids is 1. The molecule has 0 aromatic rings. The van der Waals surface area contributed by atoms with Crippen LogP contribution in [0.2, 0.25) is 0 Å². The fourth-order valence-electron chi connectivity index (χ4n) is 2.60. The summed E-state index contributed by atoms with van der Waals surface area (Å²) in [6.45, 7) is 4.73. The molecule has 1 atom stereocenters. The van der Waals surface area contributed by atoms with Crippen LogP contribution in [0.1, 0.15) is 26.2 Å². The average molecular weight is 168 g/mol. The van der Waals surface area contributed by atoms with Crippen molar-refractivity contribution in [3.63, 3.8) is 0 Å². The van der Waals surface area contributed by atoms with Gasteiger partial charge in [0.2, 0.25) is 5.91 Å². The van der Waals surface area contributed by atoms with Gasteiger partial charge in [0, 0.05) is 20.0 Å². The summed E-state index contributed by atoms with van der Waals surface area (Å²) in [4.78, 5) is 13.4. The van der Waals surface area contributed by atoms with E-state index in [1.165, 1.54) is 12.8 Å². The Hall–Kier alpha value is -0.570. The van der Waals surface area contributed by atoms with Crippen LogP contribution in [0.3, 0.4) is 0 Å². The smallest absolute Gasteiger partial charge is 0.219 e. The Morgan fingerprint density at radius 2 is 2.33 bits per heavy atom. The lowest BCUT2D eigenvalue weighted by atomic mass is 9.95. The maximum Gasteiger partial charge on any atom is 0.219 e. The van der Waals surface area contributed by atoms with Crippen molar-refractivity contribution in [1.29, 1.82) is 0 Å². The van der Waals surface area contributed by atoms with Crippen molar-refractivity contribution in [3.8, 4) is 0 Å². The summed E-state index contributed by atoms with van der Waals surface area (Å²) in [5, 5.41) is 3.35. The van der Waals surface area contributed by atoms with Crippen LogP contribution in [0.15, 0.2) is 0 Å². The van der Waals surface area contributed by atoms with E-state index in [2.05, 4.69) is 10.2 Å². The standard InChI is InChI=1S/C9H16N2O/c1-8(12)11-6-2-3-9(11)4-5-10-7-9/h10H,2-7H2,1H3. The Balaban J connectivity index is 2.17. The number of nitrogens with zero attached hydrogens (tertiary/aromatic N) is 1. The lowest BCUT2D eigenvalue weighted by molar-refractivity contribution is -0.132. The third-order valence-corrected chi connectivity index (χ3v) is 3.20. The number of amides is 1. The molecule has 1 amide bonds. The highest BCUT2D eigenvalue weighted by atomic mass is 16.2. The van der Waals surface area contributed by atoms with Gasteiger partial charge in [0.05, 0.1) is 5.54 Å². The van der Waals surface area contributed by atoms with Gasteiger partial charge in [0.25, 0.3) is 0 Å². The molecule has 0 aliphatic carbocycles. The van der Waals surface area contributed by atoms with E-state index < -0.39 is 0 Å². The quantitative estimate of drug-likeness (QED) is 0.566. The van der Waals surface area contributed by atoms with Crippen LogP contribution in [0, 0.1) is 0 Å². The van der Waals surface area contributed by atoms with Gasteiger partial charge in [-0.25, -0.2) is 0 Å². The maximum atomic E-state index is 11.3. The first-order valence-corrected chi connectivity index (χ1v) is 4.74. The van der Waals surface area contributed by atoms with Gasteiger partial charge in [-0.05, 0) is 25.8 Å². The van der Waals surface area contributed by atoms with Gasteiger partial charge >= 0.3 is 0 Å². The largest absolute Gasteiger partial charge is 0.336 e. The molecule has 3 nitrogen and oxygen atoms in total. The first-order chi connectivity index (χ1) is 5.75. The normalized spacial score (nSPS) is 34.9. The number of hydrogen-bond donors (Lipinski definition) is 1. The first-order valence-electron chi connectivity index (χ1n) is 4.74. The molecule has 2 saturated heterocycles. The lowest BCUT2D eigenvalue weighted by Gasteiger charge is -2.33. The molecule has 0 aromatic heterocycles. The highest BCUT2D eigenvalue weighted by Crippen LogP contribution is 2.34. The minimum atomic E-state index is 0.200. The van der Waals surface area contributed by atoms with Crippen LogP contribution in [-0.2, 0) is 4.79 Å². The maximum absolute atomic E-state index is 11.3. The molecular formula is C9H16N2O. The zero-order chi connectivity index (χ0) is 8.60. The van der Waals surface area contributed by atoms with Gasteiger partial charge in [0.15, 0.2) is 0 Å². The van der Waals surface area contributed by atoms with Crippen molar-refractivity contribution in [3.05, 3.63) is 0 Å². The number of rotatable bonds is 0. The Morgan fingerprint density at radius 1 is 1.50 bits per heavy atom. The zero-order valence-corrected chi connectivity index (χ0v) is 7.60. The van der Waals surface area contributed by atoms with E-state index in [0.717, 1.165) is 26.1 Å². The summed E-state index contributed by atoms with van der Waals surface area (Å²) < 4.78 is 0. The van der Waals surface area contributed by atoms with Crippen molar-refractivity contribution >= 4 is 5.91 Å². The monoisotopic (exact) mass is 168 g/mol. The highest BCUT2D eigenvalue weighted by Gasteiger charge is 2.44. The van der Waals surface area contributed by atoms with Crippen LogP contribution in [0.4, 0.5) is 0 Å². The molecule has 1 unspecified atom stereocenters. The second kappa shape index (κ2) is 2.73. The Bertz CT molecular complexity index is 191. The van der Waals surface area contributed by atoms with E-state index in [1.807, 2.05) is 0 Å². The highest BCUT2D eigenvalue weighted by molar-refractivity contribution is 5.74. The van der Waals surface area contributed by atoms with E-state index in [9.17, 15) is 4.79 Å². The predicted octanol–water partition coefficient (Wildman–Crippen LogP) is 0.361. The molecule has 0 radical (unpaired) electrons. The summed E-state index contributed by atoms with van der Waals surface area (Å²) in [7, 11) is 0. The number of likely N-dealkylation sites (tertiary alicyclic amines) is 1. The molecule has 2 fully saturated rings. The molecule has 1 spiro atoms. The Morgan fingerprint density at radius 3 is 2.92 bits per heavy atom. The third kappa shape index (κ3) is 1.04. The van der Waals surface area contributed by atoms with Gasteiger partial charge in [-0.2, -0.15) is 0 Å². The third-order valence-electron chi connectivity index (χ3n) is 3.20. The Labute approximate surface area is 73.1 Å². The van der Waals surface area contributed by atoms with Crippen molar-refractivity contribution < 1.29 is 4.79 Å². The zero-order valence-electron chi connectivity index (χ0n) is 7.60. The van der Waals surface area contributed by atoms with E-state index in [0.29, 0.717) is 0 Å². The van der Waals surface area contributed by atoms with Crippen LogP contribution in [-0.4, -0.2) is 36.0 Å². The fraction of sp³-hybridized carbons (Fsp3) is 0.889. The molecule has 0 aromatic carbocycles. The lowest BCUT2D eigenvalue weighted by Crippen LogP contribution is -2.47. The number of nitrogens with one attached hydrogen (secondary N) is 1. The molecule has 2 aliphatic heterocycles. The summed E-state index contributed by atoms with van der Waals surface area (Å²) in [5.74, 6) is 0.246. The van der Waals surface area contributed by atoms with Gasteiger partial charge in [-0.15, -0.1) is 0 Å². The summed E-state index contributed by atoms with van der Waals surface area (Å²) in [6.07, 6.45) is 3.52. The molecule has 2 rings (SSSR count). The predicted molar refractivity (Wildman–Crippen MR) is 46.8 cm³/mol. The van der Waals surface area contributed by atoms with Crippen LogP contribution in [0.5, 0.6) is 0 Å². The number of hydrogen-bond acceptors (Lipinski definition) is 2. The van der Waals surface area contributed by atoms with Crippen LogP contribution in [0.25, 0.3) is 0 Å². The molecule has 2 aliphatic rings. The van der Waals surface area contributed by atoms with Crippen LogP contribution < -0.4 is 5.32 Å². The minimum absolute atomic E-state index is 0.200. The average Bonchev–Trinajstić information content (AvgIpc) is 2.61. The van der Waals surface area contributed by atoms with Gasteiger partial charge in [0.1, 0.15) is 0 Å². The Kier molecular flexibility index (Phi) is 1.83. The van der Waals surface area contributed by atoms with Gasteiger partial charge in [-0.3, -0.25) is 4.79 Å². The van der Waals surface area contributed by atoms with E-state index in [-0.39, 0.29) is 11.4 Å². The number of carbonyl (C=O) groups is 1.